The zero-order valence-electron chi connectivity index (χ0n) is 13.8. The summed E-state index contributed by atoms with van der Waals surface area (Å²) in [4.78, 5) is 2.47. The largest absolute Gasteiger partial charge is 0.494 e. The average Bonchev–Trinajstić information content (AvgIpc) is 2.44. The van der Waals surface area contributed by atoms with Crippen molar-refractivity contribution in [1.29, 1.82) is 0 Å². The van der Waals surface area contributed by atoms with Crippen LogP contribution in [0.5, 0.6) is 5.75 Å². The number of nitrogens with zero attached hydrogens (tertiary/aromatic N) is 1. The highest BCUT2D eigenvalue weighted by molar-refractivity contribution is 5.36. The number of ether oxygens (including phenoxy) is 1. The van der Waals surface area contributed by atoms with Gasteiger partial charge in [0.25, 0.3) is 0 Å². The van der Waals surface area contributed by atoms with E-state index in [1.54, 1.807) is 0 Å². The van der Waals surface area contributed by atoms with Crippen LogP contribution in [0, 0.1) is 5.92 Å². The number of benzene rings is 1. The topological polar surface area (TPSA) is 24.5 Å². The molecule has 0 bridgehead atoms. The molecule has 0 aromatic heterocycles. The Morgan fingerprint density at radius 3 is 2.67 bits per heavy atom. The van der Waals surface area contributed by atoms with Crippen LogP contribution in [0.3, 0.4) is 0 Å². The third-order valence-corrected chi connectivity index (χ3v) is 4.33. The van der Waals surface area contributed by atoms with Crippen molar-refractivity contribution in [3.05, 3.63) is 29.8 Å². The van der Waals surface area contributed by atoms with Gasteiger partial charge in [-0.25, -0.2) is 0 Å². The molecule has 118 valence electrons. The Kier molecular flexibility index (Phi) is 6.52. The molecule has 1 N–H and O–H groups in total. The molecule has 0 spiro atoms. The van der Waals surface area contributed by atoms with Gasteiger partial charge < -0.3 is 15.0 Å². The fourth-order valence-corrected chi connectivity index (χ4v) is 3.08. The van der Waals surface area contributed by atoms with Gasteiger partial charge in [-0.15, -0.1) is 0 Å². The summed E-state index contributed by atoms with van der Waals surface area (Å²) in [6.45, 7) is 8.16. The highest BCUT2D eigenvalue weighted by Crippen LogP contribution is 2.29. The van der Waals surface area contributed by atoms with Crippen LogP contribution in [-0.2, 0) is 0 Å². The van der Waals surface area contributed by atoms with Gasteiger partial charge in [0.15, 0.2) is 0 Å². The van der Waals surface area contributed by atoms with Crippen LogP contribution in [0.25, 0.3) is 0 Å². The first-order chi connectivity index (χ1) is 10.2. The molecule has 0 aliphatic heterocycles. The molecule has 21 heavy (non-hydrogen) atoms. The van der Waals surface area contributed by atoms with E-state index >= 15 is 0 Å². The van der Waals surface area contributed by atoms with E-state index in [1.807, 2.05) is 6.92 Å². The maximum absolute atomic E-state index is 5.80. The number of nitrogens with one attached hydrogen (secondary N) is 1. The summed E-state index contributed by atoms with van der Waals surface area (Å²) in [5.74, 6) is 1.93. The van der Waals surface area contributed by atoms with Crippen LogP contribution in [-0.4, -0.2) is 38.2 Å². The van der Waals surface area contributed by atoms with Crippen LogP contribution >= 0.6 is 0 Å². The number of likely N-dealkylation sites (N-methyl/N-ethyl adjacent to an activating group) is 2. The van der Waals surface area contributed by atoms with Crippen molar-refractivity contribution in [1.82, 2.24) is 10.2 Å². The number of rotatable bonds is 9. The smallest absolute Gasteiger partial charge is 0.124 e. The molecule has 1 aromatic carbocycles. The molecular weight excluding hydrogens is 260 g/mol. The van der Waals surface area contributed by atoms with Crippen molar-refractivity contribution in [2.45, 2.75) is 39.2 Å². The van der Waals surface area contributed by atoms with Gasteiger partial charge in [-0.1, -0.05) is 31.5 Å². The van der Waals surface area contributed by atoms with Crippen molar-refractivity contribution in [2.75, 3.05) is 33.3 Å². The minimum absolute atomic E-state index is 0.336. The first kappa shape index (κ1) is 16.3. The van der Waals surface area contributed by atoms with Crippen molar-refractivity contribution in [3.63, 3.8) is 0 Å². The minimum atomic E-state index is 0.336. The molecule has 0 radical (unpaired) electrons. The summed E-state index contributed by atoms with van der Waals surface area (Å²) in [6, 6.07) is 8.76. The number of hydrogen-bond acceptors (Lipinski definition) is 3. The lowest BCUT2D eigenvalue weighted by molar-refractivity contribution is 0.191. The molecule has 0 amide bonds. The maximum atomic E-state index is 5.80. The van der Waals surface area contributed by atoms with Gasteiger partial charge in [-0.05, 0) is 45.3 Å². The van der Waals surface area contributed by atoms with E-state index in [9.17, 15) is 0 Å². The van der Waals surface area contributed by atoms with Crippen molar-refractivity contribution in [2.24, 2.45) is 5.92 Å². The van der Waals surface area contributed by atoms with E-state index < -0.39 is 0 Å². The summed E-state index contributed by atoms with van der Waals surface area (Å²) < 4.78 is 5.80. The van der Waals surface area contributed by atoms with Gasteiger partial charge in [0.05, 0.1) is 6.61 Å². The van der Waals surface area contributed by atoms with E-state index in [4.69, 9.17) is 4.74 Å². The summed E-state index contributed by atoms with van der Waals surface area (Å²) in [5, 5.41) is 3.62. The molecule has 1 aromatic rings. The van der Waals surface area contributed by atoms with Crippen molar-refractivity contribution in [3.8, 4) is 5.75 Å². The Hall–Kier alpha value is -1.06. The molecule has 3 heteroatoms. The maximum Gasteiger partial charge on any atom is 0.124 e. The van der Waals surface area contributed by atoms with Gasteiger partial charge in [0.1, 0.15) is 5.75 Å². The van der Waals surface area contributed by atoms with E-state index in [2.05, 4.69) is 48.5 Å². The van der Waals surface area contributed by atoms with E-state index in [0.717, 1.165) is 24.8 Å². The SMILES string of the molecule is CCNC(CN(C)CC1CCC1)c1ccccc1OCC. The summed E-state index contributed by atoms with van der Waals surface area (Å²) >= 11 is 0. The summed E-state index contributed by atoms with van der Waals surface area (Å²) in [6.07, 6.45) is 4.24. The zero-order chi connectivity index (χ0) is 15.1. The molecule has 1 aliphatic carbocycles. The third-order valence-electron chi connectivity index (χ3n) is 4.33. The van der Waals surface area contributed by atoms with Crippen LogP contribution < -0.4 is 10.1 Å². The Bertz CT molecular complexity index is 417. The molecule has 1 unspecified atom stereocenters. The van der Waals surface area contributed by atoms with Crippen LogP contribution in [0.15, 0.2) is 24.3 Å². The molecular formula is C18H30N2O. The molecule has 0 saturated heterocycles. The van der Waals surface area contributed by atoms with E-state index in [1.165, 1.54) is 31.4 Å². The summed E-state index contributed by atoms with van der Waals surface area (Å²) in [7, 11) is 2.24. The highest BCUT2D eigenvalue weighted by atomic mass is 16.5. The second kappa shape index (κ2) is 8.40. The minimum Gasteiger partial charge on any atom is -0.494 e. The van der Waals surface area contributed by atoms with E-state index in [-0.39, 0.29) is 0 Å². The third kappa shape index (κ3) is 4.72. The van der Waals surface area contributed by atoms with Crippen LogP contribution in [0.2, 0.25) is 0 Å². The van der Waals surface area contributed by atoms with Gasteiger partial charge in [0, 0.05) is 24.7 Å². The van der Waals surface area contributed by atoms with Gasteiger partial charge >= 0.3 is 0 Å². The van der Waals surface area contributed by atoms with Gasteiger partial charge in [-0.2, -0.15) is 0 Å². The molecule has 1 aliphatic rings. The molecule has 2 rings (SSSR count). The molecule has 1 atom stereocenters. The molecule has 0 heterocycles. The zero-order valence-corrected chi connectivity index (χ0v) is 13.8. The lowest BCUT2D eigenvalue weighted by atomic mass is 9.85. The van der Waals surface area contributed by atoms with Crippen molar-refractivity contribution < 1.29 is 4.74 Å². The quantitative estimate of drug-likeness (QED) is 0.753. The number of para-hydroxylation sites is 1. The van der Waals surface area contributed by atoms with Crippen molar-refractivity contribution >= 4 is 0 Å². The Morgan fingerprint density at radius 2 is 2.05 bits per heavy atom. The highest BCUT2D eigenvalue weighted by Gasteiger charge is 2.22. The fourth-order valence-electron chi connectivity index (χ4n) is 3.08. The Morgan fingerprint density at radius 1 is 1.29 bits per heavy atom. The molecule has 1 saturated carbocycles. The Labute approximate surface area is 129 Å². The van der Waals surface area contributed by atoms with E-state index in [0.29, 0.717) is 12.6 Å². The predicted octanol–water partition coefficient (Wildman–Crippen LogP) is 3.47. The van der Waals surface area contributed by atoms with Crippen LogP contribution in [0.4, 0.5) is 0 Å². The molecule has 3 nitrogen and oxygen atoms in total. The van der Waals surface area contributed by atoms with Crippen LogP contribution in [0.1, 0.15) is 44.7 Å². The second-order valence-corrected chi connectivity index (χ2v) is 6.10. The molecule has 1 fully saturated rings. The van der Waals surface area contributed by atoms with Gasteiger partial charge in [-0.3, -0.25) is 0 Å². The normalized spacial score (nSPS) is 16.8. The first-order valence-electron chi connectivity index (χ1n) is 8.38. The lowest BCUT2D eigenvalue weighted by Crippen LogP contribution is -2.37. The first-order valence-corrected chi connectivity index (χ1v) is 8.38. The number of hydrogen-bond donors (Lipinski definition) is 1. The van der Waals surface area contributed by atoms with Gasteiger partial charge in [0.2, 0.25) is 0 Å². The predicted molar refractivity (Wildman–Crippen MR) is 88.9 cm³/mol. The average molecular weight is 290 g/mol. The lowest BCUT2D eigenvalue weighted by Gasteiger charge is -2.32. The second-order valence-electron chi connectivity index (χ2n) is 6.10. The standard InChI is InChI=1S/C18H30N2O/c1-4-19-17(14-20(3)13-15-9-8-10-15)16-11-6-7-12-18(16)21-5-2/h6-7,11-12,15,17,19H,4-5,8-10,13-14H2,1-3H3. The fraction of sp³-hybridized carbons (Fsp3) is 0.667. The monoisotopic (exact) mass is 290 g/mol. The summed E-state index contributed by atoms with van der Waals surface area (Å²) in [5.41, 5.74) is 1.28. The Balaban J connectivity index is 2.02.